The first kappa shape index (κ1) is 14.5. The summed E-state index contributed by atoms with van der Waals surface area (Å²) in [6.07, 6.45) is 3.03. The Balaban J connectivity index is 2.14. The molecule has 0 unspecified atom stereocenters. The molecule has 0 saturated heterocycles. The number of aryl methyl sites for hydroxylation is 1. The predicted molar refractivity (Wildman–Crippen MR) is 73.9 cm³/mol. The Morgan fingerprint density at radius 2 is 2.14 bits per heavy atom. The van der Waals surface area contributed by atoms with E-state index in [9.17, 15) is 14.0 Å². The van der Waals surface area contributed by atoms with Crippen molar-refractivity contribution in [2.24, 2.45) is 0 Å². The van der Waals surface area contributed by atoms with Crippen molar-refractivity contribution in [3.63, 3.8) is 0 Å². The third kappa shape index (κ3) is 3.35. The van der Waals surface area contributed by atoms with Crippen LogP contribution in [0.2, 0.25) is 0 Å². The van der Waals surface area contributed by atoms with Gasteiger partial charge in [-0.05, 0) is 19.1 Å². The van der Waals surface area contributed by atoms with Crippen molar-refractivity contribution in [2.45, 2.75) is 13.5 Å². The number of rotatable bonds is 4. The summed E-state index contributed by atoms with van der Waals surface area (Å²) >= 11 is 0. The minimum Gasteiger partial charge on any atom is -0.478 e. The van der Waals surface area contributed by atoms with E-state index in [2.05, 4.69) is 15.7 Å². The van der Waals surface area contributed by atoms with E-state index < -0.39 is 17.8 Å². The van der Waals surface area contributed by atoms with Gasteiger partial charge in [0.15, 0.2) is 0 Å². The molecule has 0 spiro atoms. The summed E-state index contributed by atoms with van der Waals surface area (Å²) in [5.74, 6) is -2.15. The number of aromatic nitrogens is 2. The Hall–Kier alpha value is -2.90. The number of carboxylic acid groups (broad SMARTS) is 1. The van der Waals surface area contributed by atoms with Crippen LogP contribution in [0.15, 0.2) is 30.6 Å². The number of carboxylic acids is 1. The second kappa shape index (κ2) is 6.04. The van der Waals surface area contributed by atoms with Crippen LogP contribution in [0.4, 0.5) is 20.6 Å². The number of carbonyl (C=O) groups excluding carboxylic acids is 1. The van der Waals surface area contributed by atoms with Gasteiger partial charge < -0.3 is 15.7 Å². The van der Waals surface area contributed by atoms with Crippen LogP contribution in [0.3, 0.4) is 0 Å². The maximum atomic E-state index is 13.6. The topological polar surface area (TPSA) is 96.2 Å². The van der Waals surface area contributed by atoms with E-state index in [0.29, 0.717) is 12.2 Å². The van der Waals surface area contributed by atoms with Gasteiger partial charge in [0.2, 0.25) is 0 Å². The number of nitrogens with zero attached hydrogens (tertiary/aromatic N) is 2. The summed E-state index contributed by atoms with van der Waals surface area (Å²) in [6.45, 7) is 2.52. The maximum Gasteiger partial charge on any atom is 0.337 e. The molecule has 0 aliphatic carbocycles. The lowest BCUT2D eigenvalue weighted by atomic mass is 10.1. The van der Waals surface area contributed by atoms with Crippen LogP contribution in [0.5, 0.6) is 0 Å². The normalized spacial score (nSPS) is 10.2. The fourth-order valence-corrected chi connectivity index (χ4v) is 1.71. The fourth-order valence-electron chi connectivity index (χ4n) is 1.71. The molecule has 2 aromatic rings. The summed E-state index contributed by atoms with van der Waals surface area (Å²) in [6, 6.07) is 2.78. The standard InChI is InChI=1S/C13H13FN4O3/c1-2-18-7-8(6-15-18)16-13(21)17-11-9(12(19)20)4-3-5-10(11)14/h3-7H,2H2,1H3,(H,19,20)(H2,16,17,21). The Labute approximate surface area is 119 Å². The fraction of sp³-hybridized carbons (Fsp3) is 0.154. The summed E-state index contributed by atoms with van der Waals surface area (Å²) in [5.41, 5.74) is -0.289. The SMILES string of the molecule is CCn1cc(NC(=O)Nc2c(F)cccc2C(=O)O)cn1. The molecular weight excluding hydrogens is 279 g/mol. The molecule has 0 bridgehead atoms. The zero-order valence-corrected chi connectivity index (χ0v) is 11.1. The number of hydrogen-bond acceptors (Lipinski definition) is 3. The van der Waals surface area contributed by atoms with Crippen molar-refractivity contribution in [1.29, 1.82) is 0 Å². The van der Waals surface area contributed by atoms with Gasteiger partial charge in [-0.15, -0.1) is 0 Å². The van der Waals surface area contributed by atoms with Crippen LogP contribution in [-0.4, -0.2) is 26.9 Å². The smallest absolute Gasteiger partial charge is 0.337 e. The lowest BCUT2D eigenvalue weighted by molar-refractivity contribution is 0.0697. The highest BCUT2D eigenvalue weighted by Gasteiger charge is 2.16. The van der Waals surface area contributed by atoms with Crippen LogP contribution in [-0.2, 0) is 6.54 Å². The van der Waals surface area contributed by atoms with E-state index >= 15 is 0 Å². The van der Waals surface area contributed by atoms with E-state index in [0.717, 1.165) is 6.07 Å². The molecule has 8 heteroatoms. The molecule has 0 aliphatic rings. The van der Waals surface area contributed by atoms with Crippen molar-refractivity contribution in [3.05, 3.63) is 42.0 Å². The van der Waals surface area contributed by atoms with Gasteiger partial charge in [0.1, 0.15) is 5.82 Å². The minimum atomic E-state index is -1.33. The number of carbonyl (C=O) groups is 2. The molecule has 7 nitrogen and oxygen atoms in total. The molecule has 0 saturated carbocycles. The molecule has 1 aromatic heterocycles. The molecule has 1 aromatic carbocycles. The first-order valence-electron chi connectivity index (χ1n) is 6.13. The third-order valence-corrected chi connectivity index (χ3v) is 2.70. The number of para-hydroxylation sites is 1. The molecule has 0 fully saturated rings. The van der Waals surface area contributed by atoms with Gasteiger partial charge >= 0.3 is 12.0 Å². The van der Waals surface area contributed by atoms with E-state index in [4.69, 9.17) is 5.11 Å². The Morgan fingerprint density at radius 1 is 1.38 bits per heavy atom. The number of anilines is 2. The van der Waals surface area contributed by atoms with Crippen molar-refractivity contribution < 1.29 is 19.1 Å². The molecule has 110 valence electrons. The quantitative estimate of drug-likeness (QED) is 0.806. The highest BCUT2D eigenvalue weighted by Crippen LogP contribution is 2.20. The predicted octanol–water partition coefficient (Wildman–Crippen LogP) is 2.38. The number of urea groups is 1. The first-order valence-corrected chi connectivity index (χ1v) is 6.13. The van der Waals surface area contributed by atoms with Crippen molar-refractivity contribution >= 4 is 23.4 Å². The Bertz CT molecular complexity index is 684. The Morgan fingerprint density at radius 3 is 2.76 bits per heavy atom. The molecule has 3 N–H and O–H groups in total. The number of halogens is 1. The first-order chi connectivity index (χ1) is 10.0. The third-order valence-electron chi connectivity index (χ3n) is 2.70. The monoisotopic (exact) mass is 292 g/mol. The number of benzene rings is 1. The maximum absolute atomic E-state index is 13.6. The Kier molecular flexibility index (Phi) is 4.17. The molecular formula is C13H13FN4O3. The second-order valence-electron chi connectivity index (χ2n) is 4.13. The number of nitrogens with one attached hydrogen (secondary N) is 2. The average Bonchev–Trinajstić information content (AvgIpc) is 2.88. The lowest BCUT2D eigenvalue weighted by Gasteiger charge is -2.09. The zero-order valence-electron chi connectivity index (χ0n) is 11.1. The van der Waals surface area contributed by atoms with Crippen LogP contribution >= 0.6 is 0 Å². The highest BCUT2D eigenvalue weighted by molar-refractivity contribution is 6.04. The van der Waals surface area contributed by atoms with E-state index in [-0.39, 0.29) is 11.3 Å². The molecule has 0 aliphatic heterocycles. The molecule has 21 heavy (non-hydrogen) atoms. The van der Waals surface area contributed by atoms with Gasteiger partial charge in [-0.3, -0.25) is 4.68 Å². The van der Waals surface area contributed by atoms with E-state index in [1.54, 1.807) is 10.9 Å². The van der Waals surface area contributed by atoms with Gasteiger partial charge in [0.05, 0.1) is 23.1 Å². The molecule has 0 radical (unpaired) electrons. The molecule has 1 heterocycles. The van der Waals surface area contributed by atoms with Crippen LogP contribution < -0.4 is 10.6 Å². The van der Waals surface area contributed by atoms with Crippen LogP contribution in [0.25, 0.3) is 0 Å². The summed E-state index contributed by atoms with van der Waals surface area (Å²) in [4.78, 5) is 22.8. The number of amides is 2. The van der Waals surface area contributed by atoms with E-state index in [1.165, 1.54) is 18.3 Å². The van der Waals surface area contributed by atoms with Gasteiger partial charge in [-0.25, -0.2) is 14.0 Å². The van der Waals surface area contributed by atoms with E-state index in [1.807, 2.05) is 6.92 Å². The molecule has 2 amide bonds. The molecule has 2 rings (SSSR count). The average molecular weight is 292 g/mol. The summed E-state index contributed by atoms with van der Waals surface area (Å²) in [7, 11) is 0. The minimum absolute atomic E-state index is 0.325. The number of aromatic carboxylic acids is 1. The highest BCUT2D eigenvalue weighted by atomic mass is 19.1. The zero-order chi connectivity index (χ0) is 15.4. The largest absolute Gasteiger partial charge is 0.478 e. The van der Waals surface area contributed by atoms with Gasteiger partial charge in [-0.1, -0.05) is 6.07 Å². The van der Waals surface area contributed by atoms with Gasteiger partial charge in [-0.2, -0.15) is 5.10 Å². The number of hydrogen-bond donors (Lipinski definition) is 3. The van der Waals surface area contributed by atoms with Gasteiger partial charge in [0, 0.05) is 12.7 Å². The molecule has 0 atom stereocenters. The lowest BCUT2D eigenvalue weighted by Crippen LogP contribution is -2.21. The van der Waals surface area contributed by atoms with Gasteiger partial charge in [0.25, 0.3) is 0 Å². The van der Waals surface area contributed by atoms with Crippen LogP contribution in [0.1, 0.15) is 17.3 Å². The van der Waals surface area contributed by atoms with Crippen LogP contribution in [0, 0.1) is 5.82 Å². The summed E-state index contributed by atoms with van der Waals surface area (Å²) < 4.78 is 15.2. The second-order valence-corrected chi connectivity index (χ2v) is 4.13. The van der Waals surface area contributed by atoms with Crippen molar-refractivity contribution in [2.75, 3.05) is 10.6 Å². The summed E-state index contributed by atoms with van der Waals surface area (Å²) in [5, 5.41) is 17.6. The van der Waals surface area contributed by atoms with Crippen molar-refractivity contribution in [1.82, 2.24) is 9.78 Å². The van der Waals surface area contributed by atoms with Crippen molar-refractivity contribution in [3.8, 4) is 0 Å².